The average Bonchev–Trinajstić information content (AvgIpc) is 2.70. The number of aliphatic hydroxyl groups excluding tert-OH is 3. The van der Waals surface area contributed by atoms with Gasteiger partial charge in [0.15, 0.2) is 12.4 Å². The van der Waals surface area contributed by atoms with Crippen molar-refractivity contribution in [3.05, 3.63) is 0 Å². The molecule has 1 fully saturated rings. The molecule has 0 unspecified atom stereocenters. The van der Waals surface area contributed by atoms with Crippen LogP contribution >= 0.6 is 0 Å². The molecule has 0 saturated carbocycles. The Labute approximate surface area is 187 Å². The summed E-state index contributed by atoms with van der Waals surface area (Å²) in [6.45, 7) is 3.04. The zero-order valence-electron chi connectivity index (χ0n) is 18.3. The Morgan fingerprint density at radius 3 is 2.22 bits per heavy atom. The number of esters is 2. The Morgan fingerprint density at radius 1 is 0.938 bits per heavy atom. The number of rotatable bonds is 14. The van der Waals surface area contributed by atoms with Gasteiger partial charge in [-0.2, -0.15) is 8.42 Å². The molecule has 1 aliphatic rings. The summed E-state index contributed by atoms with van der Waals surface area (Å²) in [4.78, 5) is 23.7. The molecule has 0 aromatic rings. The molecule has 0 aromatic heterocycles. The zero-order chi connectivity index (χ0) is 24.3. The fraction of sp³-hybridized carbons (Fsp3) is 0.895. The van der Waals surface area contributed by atoms with Crippen LogP contribution in [0.3, 0.4) is 0 Å². The summed E-state index contributed by atoms with van der Waals surface area (Å²) in [6.07, 6.45) is -6.37. The quantitative estimate of drug-likeness (QED) is 0.141. The molecule has 6 atom stereocenters. The first-order chi connectivity index (χ1) is 15.0. The second-order valence-electron chi connectivity index (χ2n) is 7.60. The second-order valence-corrected chi connectivity index (χ2v) is 9.10. The lowest BCUT2D eigenvalue weighted by Crippen LogP contribution is -2.60. The van der Waals surface area contributed by atoms with Crippen molar-refractivity contribution in [2.45, 2.75) is 89.2 Å². The molecular formula is C19H34O12S. The van der Waals surface area contributed by atoms with Gasteiger partial charge in [-0.15, -0.1) is 0 Å². The highest BCUT2D eigenvalue weighted by molar-refractivity contribution is 7.85. The summed E-state index contributed by atoms with van der Waals surface area (Å²) in [5, 5.41) is 29.9. The Balaban J connectivity index is 2.76. The van der Waals surface area contributed by atoms with Crippen molar-refractivity contribution in [3.8, 4) is 0 Å². The van der Waals surface area contributed by atoms with Gasteiger partial charge in [0.1, 0.15) is 36.8 Å². The third-order valence-electron chi connectivity index (χ3n) is 4.66. The van der Waals surface area contributed by atoms with E-state index < -0.39 is 71.2 Å². The number of hydrogen-bond donors (Lipinski definition) is 4. The van der Waals surface area contributed by atoms with Gasteiger partial charge in [-0.05, 0) is 12.8 Å². The van der Waals surface area contributed by atoms with Gasteiger partial charge in [-0.1, -0.05) is 26.7 Å². The fourth-order valence-electron chi connectivity index (χ4n) is 2.94. The Morgan fingerprint density at radius 2 is 1.62 bits per heavy atom. The standard InChI is InChI=1S/C19H34O12S/c1-3-5-6-8-15(21)30-12(9-28-14(20)7-4-2)10-29-19-18(24)17(23)16(22)13(31-19)11-32(25,26)27/h12-13,16-19,22-24H,3-11H2,1-2H3,(H,25,26,27)/t12-,13-,16-,17+,18-,19-/m1/s1. The van der Waals surface area contributed by atoms with Crippen molar-refractivity contribution in [2.24, 2.45) is 0 Å². The number of unbranched alkanes of at least 4 members (excludes halogenated alkanes) is 2. The molecule has 0 amide bonds. The molecule has 13 heteroatoms. The minimum Gasteiger partial charge on any atom is -0.462 e. The minimum atomic E-state index is -4.56. The molecule has 0 spiro atoms. The van der Waals surface area contributed by atoms with Gasteiger partial charge in [0.2, 0.25) is 0 Å². The normalized spacial score (nSPS) is 27.0. The largest absolute Gasteiger partial charge is 0.462 e. The number of hydrogen-bond acceptors (Lipinski definition) is 11. The first-order valence-electron chi connectivity index (χ1n) is 10.6. The van der Waals surface area contributed by atoms with Crippen LogP contribution in [0.5, 0.6) is 0 Å². The van der Waals surface area contributed by atoms with E-state index in [2.05, 4.69) is 0 Å². The average molecular weight is 487 g/mol. The van der Waals surface area contributed by atoms with Crippen molar-refractivity contribution in [3.63, 3.8) is 0 Å². The lowest BCUT2D eigenvalue weighted by Gasteiger charge is -2.40. The van der Waals surface area contributed by atoms with E-state index in [-0.39, 0.29) is 19.4 Å². The van der Waals surface area contributed by atoms with Crippen LogP contribution in [0.15, 0.2) is 0 Å². The predicted octanol–water partition coefficient (Wildman–Crippen LogP) is -0.466. The molecule has 32 heavy (non-hydrogen) atoms. The van der Waals surface area contributed by atoms with E-state index >= 15 is 0 Å². The molecular weight excluding hydrogens is 452 g/mol. The SMILES string of the molecule is CCCCCC(=O)O[C@H](COC(=O)CCC)CO[C@@H]1O[C@H](CS(=O)(=O)O)[C@@H](O)[C@H](O)[C@H]1O. The van der Waals surface area contributed by atoms with E-state index in [1.807, 2.05) is 6.92 Å². The number of carbonyl (C=O) groups excluding carboxylic acids is 2. The van der Waals surface area contributed by atoms with Crippen LogP contribution in [0.2, 0.25) is 0 Å². The van der Waals surface area contributed by atoms with Crippen LogP contribution in [-0.2, 0) is 38.7 Å². The number of carbonyl (C=O) groups is 2. The molecule has 0 bridgehead atoms. The van der Waals surface area contributed by atoms with Crippen molar-refractivity contribution < 1.29 is 56.8 Å². The topological polar surface area (TPSA) is 186 Å². The van der Waals surface area contributed by atoms with Gasteiger partial charge in [-0.25, -0.2) is 0 Å². The summed E-state index contributed by atoms with van der Waals surface area (Å²) in [7, 11) is -4.56. The summed E-state index contributed by atoms with van der Waals surface area (Å²) < 4.78 is 52.1. The Bertz CT molecular complexity index is 682. The monoisotopic (exact) mass is 486 g/mol. The van der Waals surface area contributed by atoms with E-state index in [1.165, 1.54) is 0 Å². The molecule has 0 aromatic carbocycles. The number of ether oxygens (including phenoxy) is 4. The lowest BCUT2D eigenvalue weighted by atomic mass is 10.00. The molecule has 12 nitrogen and oxygen atoms in total. The lowest BCUT2D eigenvalue weighted by molar-refractivity contribution is -0.297. The molecule has 4 N–H and O–H groups in total. The highest BCUT2D eigenvalue weighted by Gasteiger charge is 2.45. The number of aliphatic hydroxyl groups is 3. The third-order valence-corrected chi connectivity index (χ3v) is 5.41. The maximum atomic E-state index is 12.1. The summed E-state index contributed by atoms with van der Waals surface area (Å²) >= 11 is 0. The van der Waals surface area contributed by atoms with Gasteiger partial charge in [0.25, 0.3) is 10.1 Å². The predicted molar refractivity (Wildman–Crippen MR) is 109 cm³/mol. The van der Waals surface area contributed by atoms with Gasteiger partial charge < -0.3 is 34.3 Å². The Hall–Kier alpha value is -1.35. The second kappa shape index (κ2) is 14.0. The van der Waals surface area contributed by atoms with Crippen LogP contribution in [-0.4, -0.2) is 96.0 Å². The van der Waals surface area contributed by atoms with Crippen molar-refractivity contribution in [1.82, 2.24) is 0 Å². The van der Waals surface area contributed by atoms with Crippen molar-refractivity contribution >= 4 is 22.1 Å². The molecule has 1 aliphatic heterocycles. The first kappa shape index (κ1) is 28.7. The third kappa shape index (κ3) is 10.5. The maximum Gasteiger partial charge on any atom is 0.306 e. The summed E-state index contributed by atoms with van der Waals surface area (Å²) in [6, 6.07) is 0. The van der Waals surface area contributed by atoms with Crippen LogP contribution < -0.4 is 0 Å². The molecule has 0 radical (unpaired) electrons. The Kier molecular flexibility index (Phi) is 12.6. The maximum absolute atomic E-state index is 12.1. The van der Waals surface area contributed by atoms with Gasteiger partial charge >= 0.3 is 11.9 Å². The van der Waals surface area contributed by atoms with E-state index in [9.17, 15) is 33.3 Å². The van der Waals surface area contributed by atoms with Crippen LogP contribution in [0.4, 0.5) is 0 Å². The van der Waals surface area contributed by atoms with Gasteiger partial charge in [-0.3, -0.25) is 14.1 Å². The van der Waals surface area contributed by atoms with E-state index in [0.29, 0.717) is 12.8 Å². The van der Waals surface area contributed by atoms with E-state index in [0.717, 1.165) is 12.8 Å². The zero-order valence-corrected chi connectivity index (χ0v) is 19.1. The molecule has 0 aliphatic carbocycles. The minimum absolute atomic E-state index is 0.150. The van der Waals surface area contributed by atoms with Gasteiger partial charge in [0.05, 0.1) is 6.61 Å². The van der Waals surface area contributed by atoms with Gasteiger partial charge in [0, 0.05) is 12.8 Å². The van der Waals surface area contributed by atoms with Crippen LogP contribution in [0, 0.1) is 0 Å². The van der Waals surface area contributed by atoms with Crippen LogP contribution in [0.25, 0.3) is 0 Å². The molecule has 188 valence electrons. The van der Waals surface area contributed by atoms with Crippen molar-refractivity contribution in [2.75, 3.05) is 19.0 Å². The fourth-order valence-corrected chi connectivity index (χ4v) is 3.64. The molecule has 1 heterocycles. The highest BCUT2D eigenvalue weighted by Crippen LogP contribution is 2.23. The first-order valence-corrected chi connectivity index (χ1v) is 12.2. The molecule has 1 saturated heterocycles. The summed E-state index contributed by atoms with van der Waals surface area (Å²) in [5.74, 6) is -2.08. The summed E-state index contributed by atoms with van der Waals surface area (Å²) in [5.41, 5.74) is 0. The van der Waals surface area contributed by atoms with E-state index in [1.54, 1.807) is 6.92 Å². The van der Waals surface area contributed by atoms with Crippen LogP contribution in [0.1, 0.15) is 52.4 Å². The molecule has 1 rings (SSSR count). The van der Waals surface area contributed by atoms with Crippen molar-refractivity contribution in [1.29, 1.82) is 0 Å². The smallest absolute Gasteiger partial charge is 0.306 e. The van der Waals surface area contributed by atoms with E-state index in [4.69, 9.17) is 23.5 Å². The highest BCUT2D eigenvalue weighted by atomic mass is 32.2.